The number of thiocarbonyl (C=S) groups is 1. The van der Waals surface area contributed by atoms with Crippen LogP contribution in [0.25, 0.3) is 0 Å². The first-order valence-corrected chi connectivity index (χ1v) is 11.1. The van der Waals surface area contributed by atoms with Crippen LogP contribution in [0.1, 0.15) is 64.7 Å². The minimum Gasteiger partial charge on any atom is -0.323 e. The first kappa shape index (κ1) is 21.5. The molecule has 0 spiro atoms. The molecule has 2 aromatic rings. The highest BCUT2D eigenvalue weighted by Crippen LogP contribution is 2.43. The van der Waals surface area contributed by atoms with Gasteiger partial charge < -0.3 is 5.32 Å². The molecule has 0 aliphatic heterocycles. The van der Waals surface area contributed by atoms with Gasteiger partial charge in [0.05, 0.1) is 5.56 Å². The van der Waals surface area contributed by atoms with E-state index in [1.165, 1.54) is 4.88 Å². The molecular weight excluding hydrogens is 398 g/mol. The molecule has 1 aromatic carbocycles. The second-order valence-corrected chi connectivity index (χ2v) is 10.4. The van der Waals surface area contributed by atoms with E-state index in [2.05, 4.69) is 37.5 Å². The Balaban J connectivity index is 1.75. The number of anilines is 1. The zero-order valence-corrected chi connectivity index (χ0v) is 19.2. The van der Waals surface area contributed by atoms with Crippen LogP contribution in [0.4, 0.5) is 5.00 Å². The van der Waals surface area contributed by atoms with Crippen molar-refractivity contribution in [2.75, 3.05) is 5.32 Å². The Labute approximate surface area is 182 Å². The van der Waals surface area contributed by atoms with E-state index in [1.54, 1.807) is 17.4 Å². The number of benzene rings is 1. The number of nitriles is 1. The highest BCUT2D eigenvalue weighted by Gasteiger charge is 2.32. The topological polar surface area (TPSA) is 64.9 Å². The van der Waals surface area contributed by atoms with Crippen LogP contribution in [0.15, 0.2) is 18.2 Å². The molecule has 152 valence electrons. The Bertz CT molecular complexity index is 1010. The molecular formula is C23H27N3OS2. The normalized spacial score (nSPS) is 15.9. The second kappa shape index (κ2) is 8.25. The van der Waals surface area contributed by atoms with Gasteiger partial charge in [-0.05, 0) is 73.9 Å². The number of carbonyl (C=O) groups excluding carboxylic acids is 1. The minimum absolute atomic E-state index is 0.220. The third kappa shape index (κ3) is 4.68. The second-order valence-electron chi connectivity index (χ2n) is 8.85. The molecule has 4 nitrogen and oxygen atoms in total. The van der Waals surface area contributed by atoms with E-state index in [0.29, 0.717) is 17.0 Å². The number of nitrogens with one attached hydrogen (secondary N) is 2. The molecule has 2 N–H and O–H groups in total. The van der Waals surface area contributed by atoms with Gasteiger partial charge in [0.1, 0.15) is 11.1 Å². The van der Waals surface area contributed by atoms with Gasteiger partial charge in [0.25, 0.3) is 5.91 Å². The van der Waals surface area contributed by atoms with E-state index in [-0.39, 0.29) is 16.4 Å². The molecule has 0 bridgehead atoms. The van der Waals surface area contributed by atoms with Gasteiger partial charge in [-0.2, -0.15) is 5.26 Å². The monoisotopic (exact) mass is 425 g/mol. The number of hydrogen-bond acceptors (Lipinski definition) is 4. The van der Waals surface area contributed by atoms with Crippen molar-refractivity contribution in [2.45, 2.75) is 53.9 Å². The average molecular weight is 426 g/mol. The summed E-state index contributed by atoms with van der Waals surface area (Å²) in [7, 11) is 0. The lowest BCUT2D eigenvalue weighted by Gasteiger charge is -2.33. The van der Waals surface area contributed by atoms with Crippen LogP contribution in [-0.2, 0) is 12.8 Å². The highest BCUT2D eigenvalue weighted by molar-refractivity contribution is 7.80. The predicted octanol–water partition coefficient (Wildman–Crippen LogP) is 5.51. The Hall–Kier alpha value is -2.23. The molecule has 1 aromatic heterocycles. The number of carbonyl (C=O) groups is 1. The van der Waals surface area contributed by atoms with Crippen molar-refractivity contribution in [2.24, 2.45) is 11.3 Å². The molecule has 1 atom stereocenters. The minimum atomic E-state index is -0.243. The quantitative estimate of drug-likeness (QED) is 0.622. The Morgan fingerprint density at radius 2 is 2.03 bits per heavy atom. The van der Waals surface area contributed by atoms with Crippen LogP contribution in [0.5, 0.6) is 0 Å². The predicted molar refractivity (Wildman–Crippen MR) is 124 cm³/mol. The van der Waals surface area contributed by atoms with Crippen LogP contribution in [0.3, 0.4) is 0 Å². The van der Waals surface area contributed by atoms with Gasteiger partial charge in [-0.25, -0.2) is 0 Å². The SMILES string of the molecule is Cc1ccc(C(=O)NC(=S)Nc2sc3c(c2C#N)CCC(C(C)(C)C)C3)c(C)c1. The molecule has 1 amide bonds. The van der Waals surface area contributed by atoms with Crippen molar-refractivity contribution >= 4 is 39.6 Å². The smallest absolute Gasteiger partial charge is 0.257 e. The summed E-state index contributed by atoms with van der Waals surface area (Å²) >= 11 is 6.96. The summed E-state index contributed by atoms with van der Waals surface area (Å²) in [6, 6.07) is 8.02. The average Bonchev–Trinajstić information content (AvgIpc) is 2.96. The summed E-state index contributed by atoms with van der Waals surface area (Å²) in [5.74, 6) is 0.358. The maximum atomic E-state index is 12.6. The zero-order chi connectivity index (χ0) is 21.3. The zero-order valence-electron chi connectivity index (χ0n) is 17.6. The lowest BCUT2D eigenvalue weighted by molar-refractivity contribution is 0.0977. The number of hydrogen-bond donors (Lipinski definition) is 2. The molecule has 0 fully saturated rings. The van der Waals surface area contributed by atoms with Gasteiger partial charge in [-0.3, -0.25) is 10.1 Å². The molecule has 0 radical (unpaired) electrons. The largest absolute Gasteiger partial charge is 0.323 e. The lowest BCUT2D eigenvalue weighted by Crippen LogP contribution is -2.34. The maximum Gasteiger partial charge on any atom is 0.257 e. The summed E-state index contributed by atoms with van der Waals surface area (Å²) in [6.07, 6.45) is 3.00. The molecule has 1 aliphatic rings. The molecule has 6 heteroatoms. The Morgan fingerprint density at radius 3 is 2.66 bits per heavy atom. The fourth-order valence-electron chi connectivity index (χ4n) is 3.90. The summed E-state index contributed by atoms with van der Waals surface area (Å²) < 4.78 is 0. The number of thiophene rings is 1. The van der Waals surface area contributed by atoms with Crippen molar-refractivity contribution in [1.29, 1.82) is 5.26 Å². The number of aryl methyl sites for hydroxylation is 2. The fraction of sp³-hybridized carbons (Fsp3) is 0.435. The summed E-state index contributed by atoms with van der Waals surface area (Å²) in [4.78, 5) is 13.8. The van der Waals surface area contributed by atoms with E-state index < -0.39 is 0 Å². The lowest BCUT2D eigenvalue weighted by atomic mass is 9.72. The van der Waals surface area contributed by atoms with E-state index >= 15 is 0 Å². The molecule has 0 saturated carbocycles. The van der Waals surface area contributed by atoms with Gasteiger partial charge in [0.2, 0.25) is 0 Å². The van der Waals surface area contributed by atoms with E-state index in [4.69, 9.17) is 12.2 Å². The summed E-state index contributed by atoms with van der Waals surface area (Å²) in [5, 5.41) is 16.5. The number of rotatable bonds is 2. The summed E-state index contributed by atoms with van der Waals surface area (Å²) in [6.45, 7) is 10.7. The number of amides is 1. The first-order chi connectivity index (χ1) is 13.6. The molecule has 0 saturated heterocycles. The van der Waals surface area contributed by atoms with Gasteiger partial charge in [0.15, 0.2) is 5.11 Å². The standard InChI is InChI=1S/C23H27N3OS2/c1-13-6-8-16(14(2)10-13)20(27)25-22(28)26-21-18(12-24)17-9-7-15(23(3,4)5)11-19(17)29-21/h6,8,10,15H,7,9,11H2,1-5H3,(H2,25,26,27,28). The van der Waals surface area contributed by atoms with E-state index in [9.17, 15) is 10.1 Å². The van der Waals surface area contributed by atoms with Crippen LogP contribution in [-0.4, -0.2) is 11.0 Å². The van der Waals surface area contributed by atoms with Crippen molar-refractivity contribution in [3.05, 3.63) is 50.9 Å². The number of fused-ring (bicyclic) bond motifs is 1. The molecule has 1 unspecified atom stereocenters. The Morgan fingerprint density at radius 1 is 1.31 bits per heavy atom. The van der Waals surface area contributed by atoms with Crippen molar-refractivity contribution in [1.82, 2.24) is 5.32 Å². The van der Waals surface area contributed by atoms with Crippen LogP contribution < -0.4 is 10.6 Å². The van der Waals surface area contributed by atoms with E-state index in [1.807, 2.05) is 26.0 Å². The number of nitrogens with zero attached hydrogens (tertiary/aromatic N) is 1. The molecule has 1 heterocycles. The molecule has 1 aliphatic carbocycles. The summed E-state index contributed by atoms with van der Waals surface area (Å²) in [5.41, 5.74) is 4.67. The van der Waals surface area contributed by atoms with Crippen molar-refractivity contribution < 1.29 is 4.79 Å². The van der Waals surface area contributed by atoms with Crippen LogP contribution in [0.2, 0.25) is 0 Å². The van der Waals surface area contributed by atoms with E-state index in [0.717, 1.165) is 41.0 Å². The first-order valence-electron chi connectivity index (χ1n) is 9.84. The van der Waals surface area contributed by atoms with Gasteiger partial charge in [-0.15, -0.1) is 11.3 Å². The van der Waals surface area contributed by atoms with Gasteiger partial charge >= 0.3 is 0 Å². The fourth-order valence-corrected chi connectivity index (χ4v) is 5.45. The molecule has 3 rings (SSSR count). The van der Waals surface area contributed by atoms with Gasteiger partial charge in [0, 0.05) is 10.4 Å². The highest BCUT2D eigenvalue weighted by atomic mass is 32.1. The third-order valence-electron chi connectivity index (χ3n) is 5.68. The van der Waals surface area contributed by atoms with Crippen LogP contribution >= 0.6 is 23.6 Å². The Kier molecular flexibility index (Phi) is 6.11. The third-order valence-corrected chi connectivity index (χ3v) is 7.06. The van der Waals surface area contributed by atoms with Crippen molar-refractivity contribution in [3.63, 3.8) is 0 Å². The molecule has 29 heavy (non-hydrogen) atoms. The van der Waals surface area contributed by atoms with Crippen molar-refractivity contribution in [3.8, 4) is 6.07 Å². The maximum absolute atomic E-state index is 12.6. The van der Waals surface area contributed by atoms with Gasteiger partial charge in [-0.1, -0.05) is 38.5 Å². The van der Waals surface area contributed by atoms with Crippen LogP contribution in [0, 0.1) is 36.5 Å².